The minimum atomic E-state index is 0.349. The van der Waals surface area contributed by atoms with E-state index in [0.717, 1.165) is 11.8 Å². The van der Waals surface area contributed by atoms with Crippen LogP contribution in [-0.4, -0.2) is 28.3 Å². The summed E-state index contributed by atoms with van der Waals surface area (Å²) >= 11 is 0. The second-order valence-electron chi connectivity index (χ2n) is 4.61. The zero-order valence-electron chi connectivity index (χ0n) is 12.3. The summed E-state index contributed by atoms with van der Waals surface area (Å²) in [5, 5.41) is 0. The molecule has 0 spiro atoms. The Morgan fingerprint density at radius 1 is 1.00 bits per heavy atom. The highest BCUT2D eigenvalue weighted by atomic mass is 16.5. The third kappa shape index (κ3) is 3.32. The van der Waals surface area contributed by atoms with Gasteiger partial charge >= 0.3 is 0 Å². The van der Waals surface area contributed by atoms with Gasteiger partial charge in [0.2, 0.25) is 5.88 Å². The van der Waals surface area contributed by atoms with Crippen LogP contribution in [0.5, 0.6) is 17.4 Å². The molecule has 114 valence electrons. The van der Waals surface area contributed by atoms with Gasteiger partial charge in [-0.25, -0.2) is 9.97 Å². The fourth-order valence-corrected chi connectivity index (χ4v) is 1.98. The number of rotatable bonds is 5. The Labute approximate surface area is 132 Å². The lowest BCUT2D eigenvalue weighted by atomic mass is 10.2. The lowest BCUT2D eigenvalue weighted by Gasteiger charge is -2.09. The van der Waals surface area contributed by atoms with Crippen molar-refractivity contribution >= 4 is 6.29 Å². The zero-order chi connectivity index (χ0) is 16.1. The van der Waals surface area contributed by atoms with Gasteiger partial charge in [0.25, 0.3) is 0 Å². The number of aldehydes is 1. The van der Waals surface area contributed by atoms with Crippen LogP contribution in [0.25, 0.3) is 11.3 Å². The van der Waals surface area contributed by atoms with Crippen molar-refractivity contribution in [3.63, 3.8) is 0 Å². The van der Waals surface area contributed by atoms with Crippen LogP contribution >= 0.6 is 0 Å². The van der Waals surface area contributed by atoms with Gasteiger partial charge < -0.3 is 9.47 Å². The van der Waals surface area contributed by atoms with Gasteiger partial charge in [0.15, 0.2) is 0 Å². The molecule has 6 nitrogen and oxygen atoms in total. The van der Waals surface area contributed by atoms with Gasteiger partial charge in [0.05, 0.1) is 13.3 Å². The van der Waals surface area contributed by atoms with Crippen LogP contribution < -0.4 is 9.47 Å². The molecule has 1 aromatic carbocycles. The first-order valence-electron chi connectivity index (χ1n) is 6.83. The van der Waals surface area contributed by atoms with Crippen molar-refractivity contribution in [2.24, 2.45) is 0 Å². The average Bonchev–Trinajstić information content (AvgIpc) is 2.63. The maximum absolute atomic E-state index is 10.7. The second-order valence-corrected chi connectivity index (χ2v) is 4.61. The number of carbonyl (C=O) groups is 1. The third-order valence-electron chi connectivity index (χ3n) is 3.12. The van der Waals surface area contributed by atoms with Crippen molar-refractivity contribution in [1.82, 2.24) is 15.0 Å². The number of methoxy groups -OCH3 is 1. The number of ether oxygens (including phenoxy) is 2. The summed E-state index contributed by atoms with van der Waals surface area (Å²) in [6, 6.07) is 8.55. The van der Waals surface area contributed by atoms with Crippen LogP contribution in [-0.2, 0) is 0 Å². The summed E-state index contributed by atoms with van der Waals surface area (Å²) in [6.45, 7) is 0. The molecular weight excluding hydrogens is 294 g/mol. The minimum absolute atomic E-state index is 0.349. The molecule has 0 bridgehead atoms. The molecule has 0 unspecified atom stereocenters. The van der Waals surface area contributed by atoms with Crippen molar-refractivity contribution in [3.8, 4) is 28.6 Å². The second kappa shape index (κ2) is 6.65. The van der Waals surface area contributed by atoms with E-state index in [0.29, 0.717) is 28.6 Å². The maximum atomic E-state index is 10.7. The summed E-state index contributed by atoms with van der Waals surface area (Å²) in [6.07, 6.45) is 7.18. The van der Waals surface area contributed by atoms with Gasteiger partial charge in [-0.2, -0.15) is 0 Å². The van der Waals surface area contributed by atoms with Gasteiger partial charge in [-0.1, -0.05) is 0 Å². The van der Waals surface area contributed by atoms with Gasteiger partial charge in [0, 0.05) is 29.7 Å². The Morgan fingerprint density at radius 2 is 1.78 bits per heavy atom. The van der Waals surface area contributed by atoms with Crippen LogP contribution in [0, 0.1) is 0 Å². The molecule has 0 radical (unpaired) electrons. The Morgan fingerprint density at radius 3 is 2.52 bits per heavy atom. The minimum Gasteiger partial charge on any atom is -0.495 e. The molecule has 0 atom stereocenters. The average molecular weight is 307 g/mol. The van der Waals surface area contributed by atoms with Crippen molar-refractivity contribution < 1.29 is 14.3 Å². The van der Waals surface area contributed by atoms with Crippen LogP contribution in [0.15, 0.2) is 55.1 Å². The predicted molar refractivity (Wildman–Crippen MR) is 83.7 cm³/mol. The lowest BCUT2D eigenvalue weighted by Crippen LogP contribution is -1.95. The fourth-order valence-electron chi connectivity index (χ4n) is 1.98. The fraction of sp³-hybridized carbons (Fsp3) is 0.0588. The molecule has 6 heteroatoms. The van der Waals surface area contributed by atoms with Gasteiger partial charge in [-0.15, -0.1) is 0 Å². The number of hydrogen-bond acceptors (Lipinski definition) is 6. The molecule has 3 rings (SSSR count). The molecular formula is C17H13N3O3. The summed E-state index contributed by atoms with van der Waals surface area (Å²) in [5.41, 5.74) is 1.86. The van der Waals surface area contributed by atoms with E-state index in [9.17, 15) is 4.79 Å². The predicted octanol–water partition coefficient (Wildman–Crippen LogP) is 3.15. The van der Waals surface area contributed by atoms with E-state index in [1.54, 1.807) is 62.2 Å². The Bertz CT molecular complexity index is 819. The van der Waals surface area contributed by atoms with Crippen LogP contribution in [0.4, 0.5) is 0 Å². The summed E-state index contributed by atoms with van der Waals surface area (Å²) in [5.74, 6) is 1.53. The first-order chi connectivity index (χ1) is 11.3. The van der Waals surface area contributed by atoms with E-state index in [1.165, 1.54) is 0 Å². The highest BCUT2D eigenvalue weighted by molar-refractivity contribution is 5.75. The molecule has 0 fully saturated rings. The van der Waals surface area contributed by atoms with E-state index < -0.39 is 0 Å². The van der Waals surface area contributed by atoms with Crippen LogP contribution in [0.2, 0.25) is 0 Å². The first-order valence-corrected chi connectivity index (χ1v) is 6.83. The van der Waals surface area contributed by atoms with Crippen molar-refractivity contribution in [1.29, 1.82) is 0 Å². The molecule has 3 aromatic rings. The van der Waals surface area contributed by atoms with E-state index >= 15 is 0 Å². The van der Waals surface area contributed by atoms with Gasteiger partial charge in [-0.05, 0) is 30.3 Å². The van der Waals surface area contributed by atoms with Gasteiger partial charge in [0.1, 0.15) is 23.5 Å². The lowest BCUT2D eigenvalue weighted by molar-refractivity contribution is 0.112. The molecule has 23 heavy (non-hydrogen) atoms. The molecule has 0 aliphatic heterocycles. The van der Waals surface area contributed by atoms with E-state index in [4.69, 9.17) is 9.47 Å². The molecule has 2 aromatic heterocycles. The van der Waals surface area contributed by atoms with E-state index in [1.807, 2.05) is 0 Å². The topological polar surface area (TPSA) is 74.2 Å². The van der Waals surface area contributed by atoms with Crippen molar-refractivity contribution in [3.05, 3.63) is 60.7 Å². The van der Waals surface area contributed by atoms with E-state index in [2.05, 4.69) is 15.0 Å². The van der Waals surface area contributed by atoms with E-state index in [-0.39, 0.29) is 0 Å². The van der Waals surface area contributed by atoms with Crippen LogP contribution in [0.1, 0.15) is 10.4 Å². The van der Waals surface area contributed by atoms with Crippen LogP contribution in [0.3, 0.4) is 0 Å². The molecule has 0 saturated carbocycles. The maximum Gasteiger partial charge on any atom is 0.246 e. The number of carbonyl (C=O) groups excluding carboxylic acids is 1. The number of hydrogen-bond donors (Lipinski definition) is 0. The summed E-state index contributed by atoms with van der Waals surface area (Å²) in [4.78, 5) is 23.3. The normalized spacial score (nSPS) is 10.1. The number of benzene rings is 1. The molecule has 0 aliphatic rings. The van der Waals surface area contributed by atoms with Gasteiger partial charge in [-0.3, -0.25) is 9.78 Å². The Hall–Kier alpha value is -3.28. The number of pyridine rings is 1. The summed E-state index contributed by atoms with van der Waals surface area (Å²) in [7, 11) is 1.57. The zero-order valence-corrected chi connectivity index (χ0v) is 12.3. The number of nitrogens with zero attached hydrogens (tertiary/aromatic N) is 3. The highest BCUT2D eigenvalue weighted by Gasteiger charge is 2.11. The smallest absolute Gasteiger partial charge is 0.246 e. The van der Waals surface area contributed by atoms with Crippen molar-refractivity contribution in [2.75, 3.05) is 7.11 Å². The standard InChI is InChI=1S/C17H13N3O3/c1-22-15-8-13(9-18-10-15)16-17(20-7-6-19-16)23-14-4-2-12(11-21)3-5-14/h2-11H,1H3. The SMILES string of the molecule is COc1cncc(-c2nccnc2Oc2ccc(C=O)cc2)c1. The Balaban J connectivity index is 1.95. The summed E-state index contributed by atoms with van der Waals surface area (Å²) < 4.78 is 11.0. The molecule has 0 aliphatic carbocycles. The first kappa shape index (κ1) is 14.6. The quantitative estimate of drug-likeness (QED) is 0.674. The largest absolute Gasteiger partial charge is 0.495 e. The molecule has 2 heterocycles. The third-order valence-corrected chi connectivity index (χ3v) is 3.12. The molecule has 0 amide bonds. The Kier molecular flexibility index (Phi) is 4.24. The monoisotopic (exact) mass is 307 g/mol. The highest BCUT2D eigenvalue weighted by Crippen LogP contribution is 2.30. The van der Waals surface area contributed by atoms with Crippen molar-refractivity contribution in [2.45, 2.75) is 0 Å². The number of aromatic nitrogens is 3. The molecule has 0 N–H and O–H groups in total. The molecule has 0 saturated heterocycles.